The lowest BCUT2D eigenvalue weighted by atomic mass is 10.1. The zero-order valence-corrected chi connectivity index (χ0v) is 16.4. The Morgan fingerprint density at radius 2 is 2.03 bits per heavy atom. The molecule has 1 aliphatic carbocycles. The van der Waals surface area contributed by atoms with E-state index < -0.39 is 0 Å². The van der Waals surface area contributed by atoms with Gasteiger partial charge in [0.05, 0.1) is 29.5 Å². The number of ether oxygens (including phenoxy) is 1. The first-order chi connectivity index (χ1) is 14.7. The lowest BCUT2D eigenvalue weighted by Gasteiger charge is -2.26. The molecule has 0 amide bonds. The molecule has 6 nitrogen and oxygen atoms in total. The van der Waals surface area contributed by atoms with Gasteiger partial charge in [-0.2, -0.15) is 0 Å². The third-order valence-electron chi connectivity index (χ3n) is 5.59. The molecule has 0 bridgehead atoms. The first-order valence-electron chi connectivity index (χ1n) is 10.1. The highest BCUT2D eigenvalue weighted by molar-refractivity contribution is 6.09. The summed E-state index contributed by atoms with van der Waals surface area (Å²) in [6, 6.07) is 4.92. The molecule has 2 aromatic heterocycles. The van der Waals surface area contributed by atoms with Crippen LogP contribution in [-0.4, -0.2) is 33.5 Å². The third kappa shape index (κ3) is 3.41. The van der Waals surface area contributed by atoms with Crippen molar-refractivity contribution in [3.8, 4) is 0 Å². The minimum atomic E-state index is -0.281. The molecule has 7 heteroatoms. The first kappa shape index (κ1) is 18.7. The molecule has 2 aliphatic rings. The van der Waals surface area contributed by atoms with Crippen LogP contribution in [0.2, 0.25) is 0 Å². The number of fused-ring (bicyclic) bond motifs is 3. The molecule has 1 aromatic carbocycles. The van der Waals surface area contributed by atoms with Gasteiger partial charge in [0.25, 0.3) is 0 Å². The van der Waals surface area contributed by atoms with Gasteiger partial charge in [0.1, 0.15) is 17.2 Å². The molecule has 1 saturated heterocycles. The minimum Gasteiger partial charge on any atom is -0.383 e. The fourth-order valence-corrected chi connectivity index (χ4v) is 4.13. The van der Waals surface area contributed by atoms with E-state index in [1.165, 1.54) is 6.07 Å². The molecular formula is C23H22FN5O. The van der Waals surface area contributed by atoms with E-state index in [1.807, 2.05) is 24.4 Å². The van der Waals surface area contributed by atoms with Crippen LogP contribution in [0.3, 0.4) is 0 Å². The molecule has 152 valence electrons. The summed E-state index contributed by atoms with van der Waals surface area (Å²) in [5, 5.41) is 12.1. The molecule has 0 unspecified atom stereocenters. The van der Waals surface area contributed by atoms with Crippen LogP contribution < -0.4 is 5.32 Å². The van der Waals surface area contributed by atoms with Crippen LogP contribution in [0.25, 0.3) is 21.9 Å². The topological polar surface area (TPSA) is 75.8 Å². The van der Waals surface area contributed by atoms with Gasteiger partial charge in [-0.15, -0.1) is 0 Å². The summed E-state index contributed by atoms with van der Waals surface area (Å²) < 4.78 is 21.9. The van der Waals surface area contributed by atoms with Crippen LogP contribution in [0.1, 0.15) is 24.7 Å². The molecule has 3 aromatic rings. The van der Waals surface area contributed by atoms with Gasteiger partial charge in [-0.1, -0.05) is 18.2 Å². The van der Waals surface area contributed by atoms with Crippen LogP contribution in [0.5, 0.6) is 0 Å². The summed E-state index contributed by atoms with van der Waals surface area (Å²) in [5.74, 6) is 0.589. The van der Waals surface area contributed by atoms with Crippen LogP contribution >= 0.6 is 0 Å². The van der Waals surface area contributed by atoms with Crippen molar-refractivity contribution in [2.45, 2.75) is 25.4 Å². The quantitative estimate of drug-likeness (QED) is 0.685. The predicted molar refractivity (Wildman–Crippen MR) is 115 cm³/mol. The van der Waals surface area contributed by atoms with E-state index in [0.717, 1.165) is 46.2 Å². The number of nitrogens with one attached hydrogen (secondary N) is 2. The standard InChI is InChI=1S/C23H22FN5O/c24-16-5-6-20-18(11-16)23-21(13-27-20)28-22(29(23)17-7-9-30-10-8-17)14-26-12-15-3-1-2-4-19(15)25/h1-6,11-13,17,25-26H,7-10,14H2/b15-12-,25-19?. The molecule has 0 atom stereocenters. The fourth-order valence-electron chi connectivity index (χ4n) is 4.13. The van der Waals surface area contributed by atoms with Gasteiger partial charge >= 0.3 is 0 Å². The normalized spacial score (nSPS) is 18.7. The number of hydrogen-bond donors (Lipinski definition) is 2. The van der Waals surface area contributed by atoms with Crippen molar-refractivity contribution in [1.82, 2.24) is 19.9 Å². The number of pyridine rings is 1. The van der Waals surface area contributed by atoms with E-state index in [9.17, 15) is 4.39 Å². The molecule has 1 aliphatic heterocycles. The average Bonchev–Trinajstić information content (AvgIpc) is 3.14. The average molecular weight is 403 g/mol. The third-order valence-corrected chi connectivity index (χ3v) is 5.59. The molecular weight excluding hydrogens is 381 g/mol. The Bertz CT molecular complexity index is 1220. The Morgan fingerprint density at radius 1 is 1.20 bits per heavy atom. The van der Waals surface area contributed by atoms with Crippen LogP contribution in [-0.2, 0) is 11.3 Å². The second kappa shape index (κ2) is 7.84. The highest BCUT2D eigenvalue weighted by atomic mass is 19.1. The monoisotopic (exact) mass is 403 g/mol. The lowest BCUT2D eigenvalue weighted by Crippen LogP contribution is -2.23. The summed E-state index contributed by atoms with van der Waals surface area (Å²) in [6.45, 7) is 1.90. The number of imidazole rings is 1. The van der Waals surface area contributed by atoms with Gasteiger partial charge in [0.15, 0.2) is 0 Å². The number of benzene rings is 1. The Hall–Kier alpha value is -3.32. The number of halogens is 1. The molecule has 0 spiro atoms. The number of hydrogen-bond acceptors (Lipinski definition) is 5. The van der Waals surface area contributed by atoms with E-state index in [1.54, 1.807) is 24.4 Å². The summed E-state index contributed by atoms with van der Waals surface area (Å²) in [6.07, 6.45) is 12.8. The van der Waals surface area contributed by atoms with Crippen LogP contribution in [0, 0.1) is 11.2 Å². The molecule has 1 fully saturated rings. The van der Waals surface area contributed by atoms with Crippen molar-refractivity contribution in [2.75, 3.05) is 13.2 Å². The second-order valence-electron chi connectivity index (χ2n) is 7.51. The van der Waals surface area contributed by atoms with Gasteiger partial charge in [-0.3, -0.25) is 4.98 Å². The minimum absolute atomic E-state index is 0.234. The number of rotatable bonds is 4. The Labute approximate surface area is 173 Å². The smallest absolute Gasteiger partial charge is 0.129 e. The van der Waals surface area contributed by atoms with Gasteiger partial charge < -0.3 is 20.0 Å². The van der Waals surface area contributed by atoms with Crippen molar-refractivity contribution in [2.24, 2.45) is 0 Å². The zero-order chi connectivity index (χ0) is 20.5. The van der Waals surface area contributed by atoms with Crippen LogP contribution in [0.4, 0.5) is 4.39 Å². The van der Waals surface area contributed by atoms with E-state index >= 15 is 0 Å². The van der Waals surface area contributed by atoms with E-state index in [2.05, 4.69) is 14.9 Å². The molecule has 5 rings (SSSR count). The maximum Gasteiger partial charge on any atom is 0.129 e. The molecule has 30 heavy (non-hydrogen) atoms. The number of allylic oxidation sites excluding steroid dienone is 5. The Kier molecular flexibility index (Phi) is 4.88. The SMILES string of the molecule is N=C1C=CC=C/C1=C/NCc1nc2cnc3ccc(F)cc3c2n1C1CCOCC1. The first-order valence-corrected chi connectivity index (χ1v) is 10.1. The lowest BCUT2D eigenvalue weighted by molar-refractivity contribution is 0.0698. The molecule has 0 radical (unpaired) electrons. The number of aromatic nitrogens is 3. The number of nitrogens with zero attached hydrogens (tertiary/aromatic N) is 3. The summed E-state index contributed by atoms with van der Waals surface area (Å²) in [5.41, 5.74) is 3.72. The summed E-state index contributed by atoms with van der Waals surface area (Å²) in [4.78, 5) is 9.30. The van der Waals surface area contributed by atoms with Crippen LogP contribution in [0.15, 0.2) is 60.5 Å². The predicted octanol–water partition coefficient (Wildman–Crippen LogP) is 4.19. The van der Waals surface area contributed by atoms with Crippen molar-refractivity contribution in [3.05, 3.63) is 72.1 Å². The van der Waals surface area contributed by atoms with Crippen molar-refractivity contribution in [1.29, 1.82) is 5.41 Å². The highest BCUT2D eigenvalue weighted by Gasteiger charge is 2.23. The largest absolute Gasteiger partial charge is 0.383 e. The van der Waals surface area contributed by atoms with Gasteiger partial charge in [0, 0.05) is 36.4 Å². The van der Waals surface area contributed by atoms with E-state index in [4.69, 9.17) is 15.1 Å². The summed E-state index contributed by atoms with van der Waals surface area (Å²) in [7, 11) is 0. The maximum absolute atomic E-state index is 14.1. The fraction of sp³-hybridized carbons (Fsp3) is 0.261. The van der Waals surface area contributed by atoms with Gasteiger partial charge in [-0.25, -0.2) is 9.37 Å². The molecule has 0 saturated carbocycles. The Balaban J connectivity index is 1.58. The van der Waals surface area contributed by atoms with E-state index in [-0.39, 0.29) is 11.9 Å². The van der Waals surface area contributed by atoms with Gasteiger partial charge in [0.2, 0.25) is 0 Å². The van der Waals surface area contributed by atoms with Crippen molar-refractivity contribution in [3.63, 3.8) is 0 Å². The zero-order valence-electron chi connectivity index (χ0n) is 16.4. The van der Waals surface area contributed by atoms with Crippen molar-refractivity contribution >= 4 is 27.6 Å². The van der Waals surface area contributed by atoms with E-state index in [0.29, 0.717) is 25.5 Å². The van der Waals surface area contributed by atoms with Gasteiger partial charge in [-0.05, 0) is 37.1 Å². The van der Waals surface area contributed by atoms with Crippen molar-refractivity contribution < 1.29 is 9.13 Å². The summed E-state index contributed by atoms with van der Waals surface area (Å²) >= 11 is 0. The molecule has 3 heterocycles. The Morgan fingerprint density at radius 3 is 2.87 bits per heavy atom. The highest BCUT2D eigenvalue weighted by Crippen LogP contribution is 2.32. The maximum atomic E-state index is 14.1. The second-order valence-corrected chi connectivity index (χ2v) is 7.51. The molecule has 2 N–H and O–H groups in total.